The van der Waals surface area contributed by atoms with E-state index in [0.717, 1.165) is 31.4 Å². The largest absolute Gasteiger partial charge is 0.494 e. The van der Waals surface area contributed by atoms with Crippen LogP contribution >= 0.6 is 0 Å². The highest BCUT2D eigenvalue weighted by Crippen LogP contribution is 2.33. The van der Waals surface area contributed by atoms with Crippen LogP contribution in [0.1, 0.15) is 46.5 Å². The Hall–Kier alpha value is -0.990. The fraction of sp³-hybridized carbons (Fsp3) is 0.769. The van der Waals surface area contributed by atoms with Gasteiger partial charge in [-0.25, -0.2) is 4.79 Å². The maximum Gasteiger partial charge on any atom is 0.337 e. The van der Waals surface area contributed by atoms with E-state index in [1.807, 2.05) is 6.92 Å². The zero-order valence-electron chi connectivity index (χ0n) is 10.7. The van der Waals surface area contributed by atoms with Crippen LogP contribution in [0, 0.1) is 5.92 Å². The van der Waals surface area contributed by atoms with Crippen molar-refractivity contribution in [3.63, 3.8) is 0 Å². The number of methoxy groups -OCH3 is 1. The zero-order valence-corrected chi connectivity index (χ0v) is 10.7. The monoisotopic (exact) mass is 226 g/mol. The van der Waals surface area contributed by atoms with Crippen LogP contribution in [0.15, 0.2) is 11.3 Å². The molecule has 0 bridgehead atoms. The van der Waals surface area contributed by atoms with Crippen LogP contribution < -0.4 is 0 Å². The SMILES string of the molecule is CCC[C@H]1OC(C)=C(C(=O)OC)C[C@H]1CC. The second kappa shape index (κ2) is 5.92. The highest BCUT2D eigenvalue weighted by atomic mass is 16.5. The fourth-order valence-corrected chi connectivity index (χ4v) is 2.27. The minimum absolute atomic E-state index is 0.245. The standard InChI is InChI=1S/C13H22O3/c1-5-7-12-10(6-2)8-11(9(3)16-12)13(14)15-4/h10,12H,5-8H2,1-4H3/t10-,12-/m1/s1. The molecular weight excluding hydrogens is 204 g/mol. The number of allylic oxidation sites excluding steroid dienone is 1. The third-order valence-electron chi connectivity index (χ3n) is 3.27. The van der Waals surface area contributed by atoms with Gasteiger partial charge in [-0.3, -0.25) is 0 Å². The van der Waals surface area contributed by atoms with Crippen LogP contribution in [0.3, 0.4) is 0 Å². The maximum atomic E-state index is 11.5. The lowest BCUT2D eigenvalue weighted by Gasteiger charge is -2.33. The van der Waals surface area contributed by atoms with Gasteiger partial charge < -0.3 is 9.47 Å². The molecule has 0 saturated heterocycles. The second-order valence-electron chi connectivity index (χ2n) is 4.34. The molecule has 0 aromatic carbocycles. The van der Waals surface area contributed by atoms with Gasteiger partial charge in [0.05, 0.1) is 12.7 Å². The number of carbonyl (C=O) groups is 1. The predicted octanol–water partition coefficient (Wildman–Crippen LogP) is 3.05. The smallest absolute Gasteiger partial charge is 0.337 e. The summed E-state index contributed by atoms with van der Waals surface area (Å²) in [5.41, 5.74) is 0.710. The lowest BCUT2D eigenvalue weighted by Crippen LogP contribution is -2.30. The van der Waals surface area contributed by atoms with E-state index in [4.69, 9.17) is 9.47 Å². The Labute approximate surface area is 97.8 Å². The summed E-state index contributed by atoms with van der Waals surface area (Å²) in [5.74, 6) is 0.943. The van der Waals surface area contributed by atoms with Crippen LogP contribution in [0.4, 0.5) is 0 Å². The number of ether oxygens (including phenoxy) is 2. The van der Waals surface area contributed by atoms with Crippen molar-refractivity contribution in [1.82, 2.24) is 0 Å². The summed E-state index contributed by atoms with van der Waals surface area (Å²) in [6.45, 7) is 6.16. The molecular formula is C13H22O3. The third-order valence-corrected chi connectivity index (χ3v) is 3.27. The first-order valence-electron chi connectivity index (χ1n) is 6.08. The van der Waals surface area contributed by atoms with Gasteiger partial charge in [-0.15, -0.1) is 0 Å². The highest BCUT2D eigenvalue weighted by Gasteiger charge is 2.31. The maximum absolute atomic E-state index is 11.5. The molecule has 0 aliphatic carbocycles. The van der Waals surface area contributed by atoms with Crippen molar-refractivity contribution in [2.45, 2.75) is 52.6 Å². The van der Waals surface area contributed by atoms with E-state index < -0.39 is 0 Å². The number of esters is 1. The molecule has 0 spiro atoms. The molecule has 0 radical (unpaired) electrons. The molecule has 0 amide bonds. The van der Waals surface area contributed by atoms with E-state index in [1.54, 1.807) is 0 Å². The van der Waals surface area contributed by atoms with Crippen LogP contribution in [-0.2, 0) is 14.3 Å². The minimum Gasteiger partial charge on any atom is -0.494 e. The summed E-state index contributed by atoms with van der Waals surface area (Å²) in [7, 11) is 1.42. The molecule has 1 rings (SSSR count). The van der Waals surface area contributed by atoms with Gasteiger partial charge in [-0.1, -0.05) is 20.3 Å². The average Bonchev–Trinajstić information content (AvgIpc) is 2.29. The Morgan fingerprint density at radius 3 is 2.69 bits per heavy atom. The summed E-state index contributed by atoms with van der Waals surface area (Å²) < 4.78 is 10.6. The summed E-state index contributed by atoms with van der Waals surface area (Å²) in [4.78, 5) is 11.5. The summed E-state index contributed by atoms with van der Waals surface area (Å²) >= 11 is 0. The normalized spacial score (nSPS) is 25.2. The van der Waals surface area contributed by atoms with E-state index in [0.29, 0.717) is 11.5 Å². The summed E-state index contributed by atoms with van der Waals surface area (Å²) in [5, 5.41) is 0. The summed E-state index contributed by atoms with van der Waals surface area (Å²) in [6, 6.07) is 0. The molecule has 3 heteroatoms. The zero-order chi connectivity index (χ0) is 12.1. The van der Waals surface area contributed by atoms with Gasteiger partial charge in [0.15, 0.2) is 0 Å². The van der Waals surface area contributed by atoms with E-state index >= 15 is 0 Å². The van der Waals surface area contributed by atoms with Crippen molar-refractivity contribution < 1.29 is 14.3 Å². The first-order chi connectivity index (χ1) is 7.63. The Bertz CT molecular complexity index is 281. The van der Waals surface area contributed by atoms with Gasteiger partial charge in [-0.2, -0.15) is 0 Å². The number of hydrogen-bond donors (Lipinski definition) is 0. The quantitative estimate of drug-likeness (QED) is 0.691. The van der Waals surface area contributed by atoms with Crippen LogP contribution in [0.25, 0.3) is 0 Å². The molecule has 3 nitrogen and oxygen atoms in total. The molecule has 0 unspecified atom stereocenters. The molecule has 0 aromatic heterocycles. The van der Waals surface area contributed by atoms with E-state index in [2.05, 4.69) is 13.8 Å². The van der Waals surface area contributed by atoms with Crippen molar-refractivity contribution in [2.75, 3.05) is 7.11 Å². The number of carbonyl (C=O) groups excluding carboxylic acids is 1. The van der Waals surface area contributed by atoms with Gasteiger partial charge in [0.2, 0.25) is 0 Å². The molecule has 0 saturated carbocycles. The van der Waals surface area contributed by atoms with Gasteiger partial charge >= 0.3 is 5.97 Å². The molecule has 16 heavy (non-hydrogen) atoms. The van der Waals surface area contributed by atoms with Crippen molar-refractivity contribution in [3.05, 3.63) is 11.3 Å². The van der Waals surface area contributed by atoms with Crippen molar-refractivity contribution in [1.29, 1.82) is 0 Å². The first-order valence-corrected chi connectivity index (χ1v) is 6.08. The van der Waals surface area contributed by atoms with E-state index in [-0.39, 0.29) is 12.1 Å². The lowest BCUT2D eigenvalue weighted by molar-refractivity contribution is -0.137. The number of hydrogen-bond acceptors (Lipinski definition) is 3. The Morgan fingerprint density at radius 2 is 2.19 bits per heavy atom. The minimum atomic E-state index is -0.245. The second-order valence-corrected chi connectivity index (χ2v) is 4.34. The van der Waals surface area contributed by atoms with Crippen molar-refractivity contribution in [2.24, 2.45) is 5.92 Å². The molecule has 1 heterocycles. The van der Waals surface area contributed by atoms with Gasteiger partial charge in [0.25, 0.3) is 0 Å². The topological polar surface area (TPSA) is 35.5 Å². The molecule has 92 valence electrons. The Kier molecular flexibility index (Phi) is 4.84. The Balaban J connectivity index is 2.82. The molecule has 1 aliphatic heterocycles. The van der Waals surface area contributed by atoms with Gasteiger partial charge in [0, 0.05) is 0 Å². The van der Waals surface area contributed by atoms with Gasteiger partial charge in [0.1, 0.15) is 11.9 Å². The Morgan fingerprint density at radius 1 is 1.50 bits per heavy atom. The molecule has 0 N–H and O–H groups in total. The van der Waals surface area contributed by atoms with Crippen LogP contribution in [0.5, 0.6) is 0 Å². The van der Waals surface area contributed by atoms with Gasteiger partial charge in [-0.05, 0) is 32.1 Å². The van der Waals surface area contributed by atoms with Crippen molar-refractivity contribution in [3.8, 4) is 0 Å². The molecule has 1 aliphatic rings. The van der Waals surface area contributed by atoms with Crippen molar-refractivity contribution >= 4 is 5.97 Å². The molecule has 0 aromatic rings. The van der Waals surface area contributed by atoms with Crippen LogP contribution in [0.2, 0.25) is 0 Å². The fourth-order valence-electron chi connectivity index (χ4n) is 2.27. The first kappa shape index (κ1) is 13.1. The predicted molar refractivity (Wildman–Crippen MR) is 62.9 cm³/mol. The van der Waals surface area contributed by atoms with E-state index in [9.17, 15) is 4.79 Å². The summed E-state index contributed by atoms with van der Waals surface area (Å²) in [6.07, 6.45) is 4.27. The van der Waals surface area contributed by atoms with E-state index in [1.165, 1.54) is 7.11 Å². The lowest BCUT2D eigenvalue weighted by atomic mass is 9.86. The average molecular weight is 226 g/mol. The third kappa shape index (κ3) is 2.77. The highest BCUT2D eigenvalue weighted by molar-refractivity contribution is 5.89. The molecule has 0 fully saturated rings. The molecule has 2 atom stereocenters. The van der Waals surface area contributed by atoms with Crippen LogP contribution in [-0.4, -0.2) is 19.2 Å². The number of rotatable bonds is 4.